The molecule has 4 N–H and O–H groups in total. The van der Waals surface area contributed by atoms with Crippen LogP contribution in [0.3, 0.4) is 0 Å². The highest BCUT2D eigenvalue weighted by atomic mass is 32.2. The summed E-state index contributed by atoms with van der Waals surface area (Å²) in [7, 11) is -1.28. The van der Waals surface area contributed by atoms with Gasteiger partial charge in [0, 0.05) is 10.6 Å². The number of hydrogen-bond donors (Lipinski definition) is 3. The van der Waals surface area contributed by atoms with E-state index in [4.69, 9.17) is 5.73 Å². The van der Waals surface area contributed by atoms with Crippen molar-refractivity contribution >= 4 is 22.6 Å². The molecule has 0 aliphatic rings. The maximum absolute atomic E-state index is 12.1. The van der Waals surface area contributed by atoms with Crippen LogP contribution in [0, 0.1) is 5.92 Å². The number of carbonyl (C=O) groups excluding carboxylic acids is 2. The van der Waals surface area contributed by atoms with Crippen molar-refractivity contribution < 1.29 is 18.9 Å². The SMILES string of the molecule is CC(C)C[C@@H](O)C(=O)N[C@H](CC[S@@](=O)c1ccccc1)C(N)=O. The number of aliphatic hydroxyl groups excluding tert-OH is 1. The number of hydrogen-bond acceptors (Lipinski definition) is 4. The smallest absolute Gasteiger partial charge is 0.249 e. The summed E-state index contributed by atoms with van der Waals surface area (Å²) in [4.78, 5) is 24.0. The first-order valence-corrected chi connectivity index (χ1v) is 8.84. The van der Waals surface area contributed by atoms with Crippen molar-refractivity contribution in [2.24, 2.45) is 11.7 Å². The molecule has 1 aromatic rings. The van der Waals surface area contributed by atoms with Crippen molar-refractivity contribution in [3.05, 3.63) is 30.3 Å². The normalized spacial score (nSPS) is 15.0. The van der Waals surface area contributed by atoms with Crippen molar-refractivity contribution in [2.75, 3.05) is 5.75 Å². The molecule has 7 heteroatoms. The molecular weight excluding hydrogens is 316 g/mol. The molecule has 0 radical (unpaired) electrons. The third kappa shape index (κ3) is 6.92. The van der Waals surface area contributed by atoms with Crippen molar-refractivity contribution in [2.45, 2.75) is 43.7 Å². The predicted octanol–water partition coefficient (Wildman–Crippen LogP) is 0.561. The maximum atomic E-state index is 12.1. The first kappa shape index (κ1) is 19.3. The van der Waals surface area contributed by atoms with Crippen molar-refractivity contribution in [1.82, 2.24) is 5.32 Å². The van der Waals surface area contributed by atoms with Crippen LogP contribution in [-0.2, 0) is 20.4 Å². The number of nitrogens with two attached hydrogens (primary N) is 1. The summed E-state index contributed by atoms with van der Waals surface area (Å²) in [5.74, 6) is -1.00. The molecule has 0 aliphatic carbocycles. The zero-order valence-electron chi connectivity index (χ0n) is 13.4. The second kappa shape index (κ2) is 9.42. The van der Waals surface area contributed by atoms with Crippen molar-refractivity contribution in [3.8, 4) is 0 Å². The Morgan fingerprint density at radius 2 is 1.87 bits per heavy atom. The highest BCUT2D eigenvalue weighted by Gasteiger charge is 2.23. The molecule has 0 aromatic heterocycles. The Balaban J connectivity index is 2.57. The Kier molecular flexibility index (Phi) is 7.91. The predicted molar refractivity (Wildman–Crippen MR) is 88.9 cm³/mol. The molecule has 3 atom stereocenters. The van der Waals surface area contributed by atoms with Gasteiger partial charge in [0.2, 0.25) is 11.8 Å². The van der Waals surface area contributed by atoms with Crippen molar-refractivity contribution in [1.29, 1.82) is 0 Å². The van der Waals surface area contributed by atoms with Gasteiger partial charge in [-0.1, -0.05) is 32.0 Å². The number of carbonyl (C=O) groups is 2. The largest absolute Gasteiger partial charge is 0.383 e. The second-order valence-electron chi connectivity index (χ2n) is 5.76. The summed E-state index contributed by atoms with van der Waals surface area (Å²) in [6.07, 6.45) is -0.735. The Morgan fingerprint density at radius 3 is 2.39 bits per heavy atom. The topological polar surface area (TPSA) is 109 Å². The van der Waals surface area contributed by atoms with Crippen LogP contribution in [0.5, 0.6) is 0 Å². The third-order valence-electron chi connectivity index (χ3n) is 3.26. The third-order valence-corrected chi connectivity index (χ3v) is 4.66. The van der Waals surface area contributed by atoms with E-state index in [-0.39, 0.29) is 18.1 Å². The van der Waals surface area contributed by atoms with Gasteiger partial charge in [-0.05, 0) is 30.9 Å². The van der Waals surface area contributed by atoms with E-state index in [0.717, 1.165) is 0 Å². The van der Waals surface area contributed by atoms with Crippen LogP contribution < -0.4 is 11.1 Å². The average Bonchev–Trinajstić information content (AvgIpc) is 2.50. The minimum Gasteiger partial charge on any atom is -0.383 e. The Labute approximate surface area is 138 Å². The fourth-order valence-corrected chi connectivity index (χ4v) is 3.17. The maximum Gasteiger partial charge on any atom is 0.249 e. The van der Waals surface area contributed by atoms with Gasteiger partial charge < -0.3 is 16.2 Å². The number of amides is 2. The van der Waals surface area contributed by atoms with Gasteiger partial charge in [-0.2, -0.15) is 0 Å². The molecule has 0 unspecified atom stereocenters. The Bertz CT molecular complexity index is 548. The van der Waals surface area contributed by atoms with E-state index in [1.807, 2.05) is 19.9 Å². The van der Waals surface area contributed by atoms with Crippen LogP contribution in [0.1, 0.15) is 26.7 Å². The fraction of sp³-hybridized carbons (Fsp3) is 0.500. The minimum atomic E-state index is -1.28. The van der Waals surface area contributed by atoms with E-state index in [0.29, 0.717) is 11.3 Å². The van der Waals surface area contributed by atoms with Crippen LogP contribution in [0.25, 0.3) is 0 Å². The summed E-state index contributed by atoms with van der Waals surface area (Å²) in [5, 5.41) is 12.2. The Hall–Kier alpha value is -1.73. The molecule has 2 amide bonds. The lowest BCUT2D eigenvalue weighted by Crippen LogP contribution is -2.48. The highest BCUT2D eigenvalue weighted by Crippen LogP contribution is 2.09. The lowest BCUT2D eigenvalue weighted by molar-refractivity contribution is -0.133. The fourth-order valence-electron chi connectivity index (χ4n) is 2.02. The average molecular weight is 340 g/mol. The monoisotopic (exact) mass is 340 g/mol. The molecule has 0 aliphatic heterocycles. The summed E-state index contributed by atoms with van der Waals surface area (Å²) in [6, 6.07) is 7.91. The summed E-state index contributed by atoms with van der Waals surface area (Å²) in [6.45, 7) is 3.76. The molecular formula is C16H24N2O4S. The Morgan fingerprint density at radius 1 is 1.26 bits per heavy atom. The molecule has 0 bridgehead atoms. The standard InChI is InChI=1S/C16H24N2O4S/c1-11(2)10-14(19)16(21)18-13(15(17)20)8-9-23(22)12-6-4-3-5-7-12/h3-7,11,13-14,19H,8-10H2,1-2H3,(H2,17,20)(H,18,21)/t13-,14-,23-/m1/s1. The van der Waals surface area contributed by atoms with Gasteiger partial charge in [-0.15, -0.1) is 0 Å². The quantitative estimate of drug-likeness (QED) is 0.610. The van der Waals surface area contributed by atoms with E-state index in [1.54, 1.807) is 24.3 Å². The molecule has 128 valence electrons. The summed E-state index contributed by atoms with van der Waals surface area (Å²) in [5.41, 5.74) is 5.28. The molecule has 1 rings (SSSR count). The number of aliphatic hydroxyl groups is 1. The van der Waals surface area contributed by atoms with Crippen molar-refractivity contribution in [3.63, 3.8) is 0 Å². The summed E-state index contributed by atoms with van der Waals surface area (Å²) >= 11 is 0. The lowest BCUT2D eigenvalue weighted by atomic mass is 10.1. The second-order valence-corrected chi connectivity index (χ2v) is 7.33. The molecule has 0 saturated carbocycles. The first-order chi connectivity index (χ1) is 10.8. The van der Waals surface area contributed by atoms with E-state index in [1.165, 1.54) is 0 Å². The lowest BCUT2D eigenvalue weighted by Gasteiger charge is -2.18. The van der Waals surface area contributed by atoms with E-state index in [2.05, 4.69) is 5.32 Å². The zero-order chi connectivity index (χ0) is 17.4. The number of benzene rings is 1. The molecule has 6 nitrogen and oxygen atoms in total. The molecule has 0 spiro atoms. The minimum absolute atomic E-state index is 0.147. The molecule has 0 fully saturated rings. The van der Waals surface area contributed by atoms with Crippen LogP contribution in [-0.4, -0.2) is 39.0 Å². The van der Waals surface area contributed by atoms with Crippen LogP contribution >= 0.6 is 0 Å². The zero-order valence-corrected chi connectivity index (χ0v) is 14.2. The summed E-state index contributed by atoms with van der Waals surface area (Å²) < 4.78 is 12.1. The molecule has 23 heavy (non-hydrogen) atoms. The molecule has 0 saturated heterocycles. The van der Waals surface area contributed by atoms with Crippen LogP contribution in [0.4, 0.5) is 0 Å². The molecule has 1 aromatic carbocycles. The molecule has 0 heterocycles. The van der Waals surface area contributed by atoms with E-state index < -0.39 is 34.8 Å². The first-order valence-electron chi connectivity index (χ1n) is 7.52. The van der Waals surface area contributed by atoms with Crippen LogP contribution in [0.2, 0.25) is 0 Å². The van der Waals surface area contributed by atoms with E-state index >= 15 is 0 Å². The number of nitrogens with one attached hydrogen (secondary N) is 1. The number of primary amides is 1. The van der Waals surface area contributed by atoms with Gasteiger partial charge in [0.1, 0.15) is 12.1 Å². The van der Waals surface area contributed by atoms with Gasteiger partial charge in [0.25, 0.3) is 0 Å². The number of rotatable bonds is 9. The highest BCUT2D eigenvalue weighted by molar-refractivity contribution is 7.85. The van der Waals surface area contributed by atoms with Gasteiger partial charge in [-0.25, -0.2) is 0 Å². The van der Waals surface area contributed by atoms with Gasteiger partial charge in [0.05, 0.1) is 10.8 Å². The van der Waals surface area contributed by atoms with Crippen LogP contribution in [0.15, 0.2) is 35.2 Å². The van der Waals surface area contributed by atoms with Gasteiger partial charge in [-0.3, -0.25) is 13.8 Å². The van der Waals surface area contributed by atoms with Gasteiger partial charge >= 0.3 is 0 Å². The van der Waals surface area contributed by atoms with E-state index in [9.17, 15) is 18.9 Å². The van der Waals surface area contributed by atoms with Gasteiger partial charge in [0.15, 0.2) is 0 Å².